The number of aromatic nitrogens is 2. The van der Waals surface area contributed by atoms with E-state index in [1.807, 2.05) is 26.8 Å². The number of rotatable bonds is 2. The van der Waals surface area contributed by atoms with Gasteiger partial charge < -0.3 is 11.5 Å². The average Bonchev–Trinajstić information content (AvgIpc) is 2.74. The van der Waals surface area contributed by atoms with Crippen LogP contribution >= 0.6 is 11.6 Å². The molecule has 2 rings (SSSR count). The number of anilines is 1. The SMILES string of the molecule is CC.Cc1ccc(-n2cc(N)c(C(N)=O)n2)c(Cl)c1. The van der Waals surface area contributed by atoms with Crippen LogP contribution in [0.4, 0.5) is 5.69 Å². The molecule has 4 N–H and O–H groups in total. The van der Waals surface area contributed by atoms with Crippen LogP contribution in [0.5, 0.6) is 0 Å². The summed E-state index contributed by atoms with van der Waals surface area (Å²) in [6.45, 7) is 5.93. The molecule has 5 nitrogen and oxygen atoms in total. The number of hydrogen-bond donors (Lipinski definition) is 2. The minimum absolute atomic E-state index is 0.0432. The topological polar surface area (TPSA) is 86.9 Å². The van der Waals surface area contributed by atoms with Gasteiger partial charge in [0.1, 0.15) is 0 Å². The summed E-state index contributed by atoms with van der Waals surface area (Å²) in [5.74, 6) is -0.663. The van der Waals surface area contributed by atoms with Crippen molar-refractivity contribution in [2.45, 2.75) is 20.8 Å². The first-order valence-electron chi connectivity index (χ1n) is 5.90. The lowest BCUT2D eigenvalue weighted by Gasteiger charge is -2.04. The number of benzene rings is 1. The third-order valence-corrected chi connectivity index (χ3v) is 2.63. The molecule has 0 saturated heterocycles. The first kappa shape index (κ1) is 15.0. The second kappa shape index (κ2) is 6.24. The number of carbonyl (C=O) groups excluding carboxylic acids is 1. The quantitative estimate of drug-likeness (QED) is 0.886. The van der Waals surface area contributed by atoms with Crippen LogP contribution in [0.1, 0.15) is 29.9 Å². The molecule has 2 aromatic rings. The van der Waals surface area contributed by atoms with E-state index in [4.69, 9.17) is 23.1 Å². The number of hydrogen-bond acceptors (Lipinski definition) is 3. The van der Waals surface area contributed by atoms with Crippen LogP contribution in [0, 0.1) is 6.92 Å². The highest BCUT2D eigenvalue weighted by Gasteiger charge is 2.13. The van der Waals surface area contributed by atoms with Crippen molar-refractivity contribution < 1.29 is 4.79 Å². The van der Waals surface area contributed by atoms with Gasteiger partial charge in [0.25, 0.3) is 5.91 Å². The molecule has 0 spiro atoms. The van der Waals surface area contributed by atoms with Gasteiger partial charge in [-0.3, -0.25) is 4.79 Å². The zero-order chi connectivity index (χ0) is 14.6. The molecule has 0 aliphatic rings. The molecule has 0 aliphatic heterocycles. The fourth-order valence-corrected chi connectivity index (χ4v) is 1.82. The van der Waals surface area contributed by atoms with Gasteiger partial charge in [0.05, 0.1) is 22.6 Å². The Hall–Kier alpha value is -2.01. The number of nitrogens with zero attached hydrogens (tertiary/aromatic N) is 2. The molecular formula is C13H17ClN4O. The minimum Gasteiger partial charge on any atom is -0.396 e. The standard InChI is InChI=1S/C11H11ClN4O.C2H6/c1-6-2-3-9(7(12)4-6)16-5-8(13)10(15-16)11(14)17;1-2/h2-5H,13H2,1H3,(H2,14,17);1-2H3. The molecule has 1 aromatic heterocycles. The highest BCUT2D eigenvalue weighted by molar-refractivity contribution is 6.32. The molecule has 0 fully saturated rings. The maximum Gasteiger partial charge on any atom is 0.271 e. The molecule has 0 unspecified atom stereocenters. The van der Waals surface area contributed by atoms with E-state index < -0.39 is 5.91 Å². The average molecular weight is 281 g/mol. The molecule has 0 aliphatic carbocycles. The third-order valence-electron chi connectivity index (χ3n) is 2.33. The van der Waals surface area contributed by atoms with E-state index >= 15 is 0 Å². The van der Waals surface area contributed by atoms with Crippen molar-refractivity contribution in [3.05, 3.63) is 40.7 Å². The Morgan fingerprint density at radius 1 is 1.37 bits per heavy atom. The Morgan fingerprint density at radius 2 is 2.00 bits per heavy atom. The highest BCUT2D eigenvalue weighted by Crippen LogP contribution is 2.22. The minimum atomic E-state index is -0.663. The second-order valence-electron chi connectivity index (χ2n) is 3.70. The largest absolute Gasteiger partial charge is 0.396 e. The summed E-state index contributed by atoms with van der Waals surface area (Å²) in [5, 5.41) is 4.53. The summed E-state index contributed by atoms with van der Waals surface area (Å²) >= 11 is 6.09. The van der Waals surface area contributed by atoms with Gasteiger partial charge in [0.15, 0.2) is 5.69 Å². The number of halogens is 1. The first-order chi connectivity index (χ1) is 8.99. The Labute approximate surface area is 117 Å². The molecule has 19 heavy (non-hydrogen) atoms. The summed E-state index contributed by atoms with van der Waals surface area (Å²) in [6, 6.07) is 5.50. The van der Waals surface area contributed by atoms with Gasteiger partial charge in [-0.2, -0.15) is 5.10 Å². The normalized spacial score (nSPS) is 9.68. The van der Waals surface area contributed by atoms with Crippen LogP contribution < -0.4 is 11.5 Å². The molecule has 1 amide bonds. The van der Waals surface area contributed by atoms with Gasteiger partial charge in [0.2, 0.25) is 0 Å². The number of primary amides is 1. The maximum absolute atomic E-state index is 11.0. The van der Waals surface area contributed by atoms with E-state index in [1.54, 1.807) is 12.1 Å². The van der Waals surface area contributed by atoms with Gasteiger partial charge in [-0.15, -0.1) is 0 Å². The predicted octanol–water partition coefficient (Wildman–Crippen LogP) is 2.54. The van der Waals surface area contributed by atoms with Gasteiger partial charge in [-0.05, 0) is 24.6 Å². The Balaban J connectivity index is 0.000000861. The third kappa shape index (κ3) is 3.26. The molecule has 1 heterocycles. The summed E-state index contributed by atoms with van der Waals surface area (Å²) < 4.78 is 1.44. The number of nitrogens with two attached hydrogens (primary N) is 2. The molecule has 0 radical (unpaired) electrons. The van der Waals surface area contributed by atoms with E-state index in [-0.39, 0.29) is 11.4 Å². The van der Waals surface area contributed by atoms with Crippen molar-refractivity contribution in [3.8, 4) is 5.69 Å². The lowest BCUT2D eigenvalue weighted by molar-refractivity contribution is 0.0996. The van der Waals surface area contributed by atoms with Crippen molar-refractivity contribution in [2.24, 2.45) is 5.73 Å². The van der Waals surface area contributed by atoms with Crippen LogP contribution in [-0.2, 0) is 0 Å². The number of carbonyl (C=O) groups is 1. The van der Waals surface area contributed by atoms with Crippen LogP contribution in [0.25, 0.3) is 5.69 Å². The molecule has 1 aromatic carbocycles. The summed E-state index contributed by atoms with van der Waals surface area (Å²) in [7, 11) is 0. The highest BCUT2D eigenvalue weighted by atomic mass is 35.5. The van der Waals surface area contributed by atoms with Gasteiger partial charge in [-0.25, -0.2) is 4.68 Å². The van der Waals surface area contributed by atoms with Gasteiger partial charge >= 0.3 is 0 Å². The van der Waals surface area contributed by atoms with E-state index in [2.05, 4.69) is 5.10 Å². The summed E-state index contributed by atoms with van der Waals surface area (Å²) in [4.78, 5) is 11.0. The Bertz CT molecular complexity index is 592. The second-order valence-corrected chi connectivity index (χ2v) is 4.10. The molecule has 102 valence electrons. The number of amides is 1. The zero-order valence-corrected chi connectivity index (χ0v) is 11.9. The predicted molar refractivity (Wildman–Crippen MR) is 77.6 cm³/mol. The smallest absolute Gasteiger partial charge is 0.271 e. The Kier molecular flexibility index (Phi) is 4.94. The van der Waals surface area contributed by atoms with Crippen molar-refractivity contribution in [2.75, 3.05) is 5.73 Å². The van der Waals surface area contributed by atoms with Gasteiger partial charge in [-0.1, -0.05) is 31.5 Å². The molecular weight excluding hydrogens is 264 g/mol. The zero-order valence-electron chi connectivity index (χ0n) is 11.1. The van der Waals surface area contributed by atoms with Crippen LogP contribution in [0.3, 0.4) is 0 Å². The van der Waals surface area contributed by atoms with E-state index in [1.165, 1.54) is 10.9 Å². The fourth-order valence-electron chi connectivity index (χ4n) is 1.50. The fraction of sp³-hybridized carbons (Fsp3) is 0.231. The van der Waals surface area contributed by atoms with E-state index in [0.717, 1.165) is 5.56 Å². The molecule has 0 saturated carbocycles. The molecule has 6 heteroatoms. The van der Waals surface area contributed by atoms with Crippen LogP contribution in [0.2, 0.25) is 5.02 Å². The lowest BCUT2D eigenvalue weighted by Crippen LogP contribution is -2.14. The lowest BCUT2D eigenvalue weighted by atomic mass is 10.2. The summed E-state index contributed by atoms with van der Waals surface area (Å²) in [5.41, 5.74) is 12.7. The van der Waals surface area contributed by atoms with Gasteiger partial charge in [0, 0.05) is 0 Å². The molecule has 0 atom stereocenters. The number of aryl methyl sites for hydroxylation is 1. The Morgan fingerprint density at radius 3 is 2.47 bits per heavy atom. The molecule has 0 bridgehead atoms. The van der Waals surface area contributed by atoms with Crippen molar-refractivity contribution >= 4 is 23.2 Å². The van der Waals surface area contributed by atoms with Crippen molar-refractivity contribution in [3.63, 3.8) is 0 Å². The van der Waals surface area contributed by atoms with Crippen molar-refractivity contribution in [1.82, 2.24) is 9.78 Å². The number of nitrogen functional groups attached to an aromatic ring is 1. The summed E-state index contributed by atoms with van der Waals surface area (Å²) in [6.07, 6.45) is 1.51. The van der Waals surface area contributed by atoms with Crippen molar-refractivity contribution in [1.29, 1.82) is 0 Å². The monoisotopic (exact) mass is 280 g/mol. The first-order valence-corrected chi connectivity index (χ1v) is 6.28. The van der Waals surface area contributed by atoms with Crippen LogP contribution in [-0.4, -0.2) is 15.7 Å². The van der Waals surface area contributed by atoms with Crippen LogP contribution in [0.15, 0.2) is 24.4 Å². The van der Waals surface area contributed by atoms with E-state index in [0.29, 0.717) is 10.7 Å². The van der Waals surface area contributed by atoms with E-state index in [9.17, 15) is 4.79 Å². The maximum atomic E-state index is 11.0.